The van der Waals surface area contributed by atoms with Gasteiger partial charge in [0.25, 0.3) is 0 Å². The maximum Gasteiger partial charge on any atom is 0.409 e. The summed E-state index contributed by atoms with van der Waals surface area (Å²) >= 11 is 0. The van der Waals surface area contributed by atoms with Crippen LogP contribution in [-0.4, -0.2) is 6.18 Å². The average Bonchev–Trinajstić information content (AvgIpc) is 2.41. The normalized spacial score (nSPS) is 13.6. The van der Waals surface area contributed by atoms with Gasteiger partial charge in [-0.3, -0.25) is 0 Å². The van der Waals surface area contributed by atoms with Gasteiger partial charge in [-0.15, -0.1) is 0 Å². The average molecular weight is 290 g/mol. The Morgan fingerprint density at radius 2 is 1.62 bits per heavy atom. The van der Waals surface area contributed by atoms with Gasteiger partial charge in [0.2, 0.25) is 0 Å². The van der Waals surface area contributed by atoms with Crippen LogP contribution in [0.4, 0.5) is 13.2 Å². The van der Waals surface area contributed by atoms with Crippen molar-refractivity contribution in [3.05, 3.63) is 82.9 Å². The van der Waals surface area contributed by atoms with E-state index < -0.39 is 12.1 Å². The van der Waals surface area contributed by atoms with Crippen molar-refractivity contribution in [1.29, 1.82) is 0 Å². The molecule has 21 heavy (non-hydrogen) atoms. The summed E-state index contributed by atoms with van der Waals surface area (Å²) in [5.74, 6) is -0.395. The lowest BCUT2D eigenvalue weighted by molar-refractivity contribution is -0.0800. The molecule has 0 N–H and O–H groups in total. The number of allylic oxidation sites excluding steroid dienone is 2. The molecule has 110 valence electrons. The number of halogens is 3. The third-order valence-corrected chi connectivity index (χ3v) is 3.40. The number of benzene rings is 2. The molecule has 0 aromatic heterocycles. The maximum atomic E-state index is 12.5. The molecule has 1 atom stereocenters. The lowest BCUT2D eigenvalue weighted by atomic mass is 9.87. The maximum absolute atomic E-state index is 12.5. The van der Waals surface area contributed by atoms with Crippen LogP contribution in [0.5, 0.6) is 0 Å². The molecule has 0 saturated carbocycles. The van der Waals surface area contributed by atoms with Crippen molar-refractivity contribution in [2.24, 2.45) is 0 Å². The Labute approximate surface area is 122 Å². The number of alkyl halides is 3. The van der Waals surface area contributed by atoms with E-state index in [4.69, 9.17) is 0 Å². The zero-order valence-electron chi connectivity index (χ0n) is 12.0. The Balaban J connectivity index is 2.48. The summed E-state index contributed by atoms with van der Waals surface area (Å²) in [6.45, 7) is 3.90. The summed E-state index contributed by atoms with van der Waals surface area (Å²) in [5, 5.41) is 0. The van der Waals surface area contributed by atoms with Gasteiger partial charge in [-0.1, -0.05) is 60.2 Å². The Hall–Kier alpha value is -2.03. The first-order valence-corrected chi connectivity index (χ1v) is 6.75. The molecular formula is C18H17F3. The van der Waals surface area contributed by atoms with Gasteiger partial charge < -0.3 is 0 Å². The standard InChI is InChI=1S/C18H17F3/c1-13-8-9-16(14(2)12-13)17(10-11-18(19,20)21)15-6-4-3-5-7-15/h3-12,17H,1-2H3/b11-10+. The molecule has 0 heterocycles. The van der Waals surface area contributed by atoms with Crippen LogP contribution in [0.1, 0.15) is 28.2 Å². The van der Waals surface area contributed by atoms with Crippen LogP contribution in [0, 0.1) is 13.8 Å². The molecule has 0 aliphatic carbocycles. The van der Waals surface area contributed by atoms with Crippen molar-refractivity contribution in [2.45, 2.75) is 25.9 Å². The molecule has 0 spiro atoms. The first-order valence-electron chi connectivity index (χ1n) is 6.75. The van der Waals surface area contributed by atoms with E-state index in [1.165, 1.54) is 6.08 Å². The van der Waals surface area contributed by atoms with Gasteiger partial charge in [-0.2, -0.15) is 13.2 Å². The van der Waals surface area contributed by atoms with Gasteiger partial charge in [-0.05, 0) is 30.5 Å². The molecule has 2 aromatic carbocycles. The minimum atomic E-state index is -4.30. The van der Waals surface area contributed by atoms with Gasteiger partial charge in [0.05, 0.1) is 0 Å². The van der Waals surface area contributed by atoms with Crippen molar-refractivity contribution < 1.29 is 13.2 Å². The van der Waals surface area contributed by atoms with E-state index in [2.05, 4.69) is 0 Å². The van der Waals surface area contributed by atoms with Crippen LogP contribution in [0.25, 0.3) is 0 Å². The van der Waals surface area contributed by atoms with Crippen molar-refractivity contribution in [2.75, 3.05) is 0 Å². The van der Waals surface area contributed by atoms with Gasteiger partial charge in [-0.25, -0.2) is 0 Å². The highest BCUT2D eigenvalue weighted by Gasteiger charge is 2.24. The smallest absolute Gasteiger partial charge is 0.167 e. The summed E-state index contributed by atoms with van der Waals surface area (Å²) in [6.07, 6.45) is -2.75. The van der Waals surface area contributed by atoms with Crippen molar-refractivity contribution in [1.82, 2.24) is 0 Å². The minimum absolute atomic E-state index is 0.323. The highest BCUT2D eigenvalue weighted by molar-refractivity contribution is 5.42. The van der Waals surface area contributed by atoms with Crippen molar-refractivity contribution >= 4 is 0 Å². The van der Waals surface area contributed by atoms with E-state index in [1.807, 2.05) is 62.4 Å². The van der Waals surface area contributed by atoms with Crippen LogP contribution in [0.3, 0.4) is 0 Å². The van der Waals surface area contributed by atoms with E-state index >= 15 is 0 Å². The van der Waals surface area contributed by atoms with Crippen LogP contribution >= 0.6 is 0 Å². The monoisotopic (exact) mass is 290 g/mol. The fourth-order valence-corrected chi connectivity index (χ4v) is 2.43. The van der Waals surface area contributed by atoms with E-state index in [1.54, 1.807) is 0 Å². The first kappa shape index (κ1) is 15.4. The zero-order chi connectivity index (χ0) is 15.5. The molecule has 0 fully saturated rings. The second-order valence-corrected chi connectivity index (χ2v) is 5.15. The molecule has 0 saturated heterocycles. The summed E-state index contributed by atoms with van der Waals surface area (Å²) in [7, 11) is 0. The third-order valence-electron chi connectivity index (χ3n) is 3.40. The lowest BCUT2D eigenvalue weighted by Gasteiger charge is -2.17. The molecule has 2 rings (SSSR count). The summed E-state index contributed by atoms with van der Waals surface area (Å²) in [6, 6.07) is 15.1. The zero-order valence-corrected chi connectivity index (χ0v) is 12.0. The Bertz CT molecular complexity index is 625. The van der Waals surface area contributed by atoms with Crippen molar-refractivity contribution in [3.63, 3.8) is 0 Å². The Morgan fingerprint density at radius 1 is 0.952 bits per heavy atom. The predicted octanol–water partition coefficient (Wildman–Crippen LogP) is 5.55. The third kappa shape index (κ3) is 4.22. The Morgan fingerprint density at radius 3 is 2.19 bits per heavy atom. The molecule has 0 aliphatic heterocycles. The van der Waals surface area contributed by atoms with Crippen LogP contribution in [-0.2, 0) is 0 Å². The molecular weight excluding hydrogens is 273 g/mol. The molecule has 1 unspecified atom stereocenters. The highest BCUT2D eigenvalue weighted by Crippen LogP contribution is 2.30. The van der Waals surface area contributed by atoms with Crippen molar-refractivity contribution in [3.8, 4) is 0 Å². The molecule has 0 nitrogen and oxygen atoms in total. The van der Waals surface area contributed by atoms with Crippen LogP contribution in [0.15, 0.2) is 60.7 Å². The SMILES string of the molecule is Cc1ccc(C(/C=C/C(F)(F)F)c2ccccc2)c(C)c1. The quantitative estimate of drug-likeness (QED) is 0.650. The molecule has 2 aromatic rings. The predicted molar refractivity (Wildman–Crippen MR) is 79.4 cm³/mol. The van der Waals surface area contributed by atoms with E-state index in [9.17, 15) is 13.2 Å². The fraction of sp³-hybridized carbons (Fsp3) is 0.222. The summed E-state index contributed by atoms with van der Waals surface area (Å²) < 4.78 is 37.6. The molecule has 0 bridgehead atoms. The van der Waals surface area contributed by atoms with E-state index in [0.29, 0.717) is 6.08 Å². The van der Waals surface area contributed by atoms with Gasteiger partial charge in [0.15, 0.2) is 0 Å². The number of rotatable bonds is 3. The van der Waals surface area contributed by atoms with Crippen LogP contribution < -0.4 is 0 Å². The largest absolute Gasteiger partial charge is 0.409 e. The number of aryl methyl sites for hydroxylation is 2. The fourth-order valence-electron chi connectivity index (χ4n) is 2.43. The molecule has 0 radical (unpaired) electrons. The van der Waals surface area contributed by atoms with E-state index in [0.717, 1.165) is 22.3 Å². The molecule has 0 amide bonds. The lowest BCUT2D eigenvalue weighted by Crippen LogP contribution is -2.05. The highest BCUT2D eigenvalue weighted by atomic mass is 19.4. The van der Waals surface area contributed by atoms with Gasteiger partial charge >= 0.3 is 6.18 Å². The minimum Gasteiger partial charge on any atom is -0.167 e. The Kier molecular flexibility index (Phi) is 4.51. The summed E-state index contributed by atoms with van der Waals surface area (Å²) in [4.78, 5) is 0. The molecule has 0 aliphatic rings. The molecule has 3 heteroatoms. The van der Waals surface area contributed by atoms with Crippen LogP contribution in [0.2, 0.25) is 0 Å². The second kappa shape index (κ2) is 6.17. The summed E-state index contributed by atoms with van der Waals surface area (Å²) in [5.41, 5.74) is 3.84. The van der Waals surface area contributed by atoms with E-state index in [-0.39, 0.29) is 0 Å². The van der Waals surface area contributed by atoms with Gasteiger partial charge in [0, 0.05) is 12.0 Å². The second-order valence-electron chi connectivity index (χ2n) is 5.15. The first-order chi connectivity index (χ1) is 9.87. The number of hydrogen-bond acceptors (Lipinski definition) is 0. The topological polar surface area (TPSA) is 0 Å². The number of hydrogen-bond donors (Lipinski definition) is 0. The van der Waals surface area contributed by atoms with Gasteiger partial charge in [0.1, 0.15) is 0 Å².